The third-order valence-electron chi connectivity index (χ3n) is 5.18. The van der Waals surface area contributed by atoms with Crippen LogP contribution in [-0.2, 0) is 0 Å². The summed E-state index contributed by atoms with van der Waals surface area (Å²) < 4.78 is 11.3. The first kappa shape index (κ1) is 15.9. The van der Waals surface area contributed by atoms with E-state index in [1.54, 1.807) is 19.5 Å². The van der Waals surface area contributed by atoms with Crippen LogP contribution in [0.15, 0.2) is 48.8 Å². The maximum atomic E-state index is 13.0. The van der Waals surface area contributed by atoms with Gasteiger partial charge in [0.2, 0.25) is 0 Å². The van der Waals surface area contributed by atoms with E-state index < -0.39 is 0 Å². The zero-order valence-electron chi connectivity index (χ0n) is 14.3. The van der Waals surface area contributed by atoms with Gasteiger partial charge in [-0.1, -0.05) is 6.07 Å². The van der Waals surface area contributed by atoms with Gasteiger partial charge >= 0.3 is 0 Å². The molecule has 0 N–H and O–H groups in total. The molecule has 4 rings (SSSR count). The fourth-order valence-corrected chi connectivity index (χ4v) is 4.07. The molecule has 1 aromatic carbocycles. The number of carbonyl (C=O) groups is 1. The Balaban J connectivity index is 1.47. The van der Waals surface area contributed by atoms with Gasteiger partial charge in [0, 0.05) is 36.7 Å². The SMILES string of the molecule is COc1cccc(C(=O)N2C3CCC2CC(Oc2cccnc2)C3)c1. The fourth-order valence-electron chi connectivity index (χ4n) is 4.07. The van der Waals surface area contributed by atoms with Crippen LogP contribution in [0.5, 0.6) is 11.5 Å². The van der Waals surface area contributed by atoms with Crippen molar-refractivity contribution in [1.29, 1.82) is 0 Å². The summed E-state index contributed by atoms with van der Waals surface area (Å²) in [6.45, 7) is 0. The molecule has 3 heterocycles. The normalized spacial score (nSPS) is 24.8. The molecule has 25 heavy (non-hydrogen) atoms. The molecule has 5 heteroatoms. The number of fused-ring (bicyclic) bond motifs is 2. The number of methoxy groups -OCH3 is 1. The maximum Gasteiger partial charge on any atom is 0.254 e. The Bertz CT molecular complexity index is 736. The Labute approximate surface area is 147 Å². The highest BCUT2D eigenvalue weighted by Gasteiger charge is 2.44. The molecule has 130 valence electrons. The standard InChI is InChI=1S/C20H22N2O3/c1-24-17-5-2-4-14(10-17)20(23)22-15-7-8-16(22)12-19(11-15)25-18-6-3-9-21-13-18/h2-6,9-10,13,15-16,19H,7-8,11-12H2,1H3. The summed E-state index contributed by atoms with van der Waals surface area (Å²) in [6.07, 6.45) is 7.49. The van der Waals surface area contributed by atoms with Crippen molar-refractivity contribution < 1.29 is 14.3 Å². The van der Waals surface area contributed by atoms with E-state index in [1.807, 2.05) is 36.4 Å². The van der Waals surface area contributed by atoms with Crippen LogP contribution < -0.4 is 9.47 Å². The van der Waals surface area contributed by atoms with Crippen LogP contribution >= 0.6 is 0 Å². The molecular formula is C20H22N2O3. The number of aromatic nitrogens is 1. The van der Waals surface area contributed by atoms with Crippen LogP contribution in [0.1, 0.15) is 36.0 Å². The van der Waals surface area contributed by atoms with Gasteiger partial charge in [-0.25, -0.2) is 0 Å². The predicted octanol–water partition coefficient (Wildman–Crippen LogP) is 3.30. The molecule has 2 aromatic rings. The van der Waals surface area contributed by atoms with E-state index in [-0.39, 0.29) is 24.1 Å². The number of amides is 1. The van der Waals surface area contributed by atoms with Crippen LogP contribution in [0.4, 0.5) is 0 Å². The van der Waals surface area contributed by atoms with Crippen molar-refractivity contribution in [3.63, 3.8) is 0 Å². The summed E-state index contributed by atoms with van der Waals surface area (Å²) in [6, 6.07) is 11.7. The van der Waals surface area contributed by atoms with Gasteiger partial charge < -0.3 is 14.4 Å². The van der Waals surface area contributed by atoms with Gasteiger partial charge in [0.15, 0.2) is 0 Å². The van der Waals surface area contributed by atoms with Crippen LogP contribution in [0.2, 0.25) is 0 Å². The Morgan fingerprint density at radius 1 is 1.12 bits per heavy atom. The summed E-state index contributed by atoms with van der Waals surface area (Å²) in [5.74, 6) is 1.62. The van der Waals surface area contributed by atoms with E-state index in [9.17, 15) is 4.79 Å². The smallest absolute Gasteiger partial charge is 0.254 e. The second-order valence-electron chi connectivity index (χ2n) is 6.73. The molecule has 1 aromatic heterocycles. The fraction of sp³-hybridized carbons (Fsp3) is 0.400. The third kappa shape index (κ3) is 3.18. The van der Waals surface area contributed by atoms with E-state index in [4.69, 9.17) is 9.47 Å². The van der Waals surface area contributed by atoms with Crippen LogP contribution in [0.25, 0.3) is 0 Å². The van der Waals surface area contributed by atoms with E-state index in [1.165, 1.54) is 0 Å². The van der Waals surface area contributed by atoms with Gasteiger partial charge in [0.1, 0.15) is 17.6 Å². The van der Waals surface area contributed by atoms with Gasteiger partial charge in [0.05, 0.1) is 13.3 Å². The van der Waals surface area contributed by atoms with Gasteiger partial charge in [-0.15, -0.1) is 0 Å². The van der Waals surface area contributed by atoms with Gasteiger partial charge in [-0.2, -0.15) is 0 Å². The van der Waals surface area contributed by atoms with Crippen molar-refractivity contribution in [2.24, 2.45) is 0 Å². The lowest BCUT2D eigenvalue weighted by atomic mass is 9.98. The third-order valence-corrected chi connectivity index (χ3v) is 5.18. The number of hydrogen-bond donors (Lipinski definition) is 0. The Morgan fingerprint density at radius 3 is 2.56 bits per heavy atom. The van der Waals surface area contributed by atoms with E-state index in [0.717, 1.165) is 31.4 Å². The molecular weight excluding hydrogens is 316 g/mol. The highest BCUT2D eigenvalue weighted by molar-refractivity contribution is 5.95. The maximum absolute atomic E-state index is 13.0. The average molecular weight is 338 g/mol. The predicted molar refractivity (Wildman–Crippen MR) is 93.9 cm³/mol. The molecule has 2 fully saturated rings. The lowest BCUT2D eigenvalue weighted by molar-refractivity contribution is 0.0358. The Hall–Kier alpha value is -2.56. The second-order valence-corrected chi connectivity index (χ2v) is 6.73. The molecule has 0 saturated carbocycles. The quantitative estimate of drug-likeness (QED) is 0.858. The highest BCUT2D eigenvalue weighted by atomic mass is 16.5. The van der Waals surface area contributed by atoms with E-state index in [2.05, 4.69) is 9.88 Å². The minimum atomic E-state index is 0.103. The van der Waals surface area contributed by atoms with Gasteiger partial charge in [0.25, 0.3) is 5.91 Å². The van der Waals surface area contributed by atoms with Crippen molar-refractivity contribution >= 4 is 5.91 Å². The minimum absolute atomic E-state index is 0.103. The first-order chi connectivity index (χ1) is 12.2. The molecule has 0 spiro atoms. The van der Waals surface area contributed by atoms with Crippen LogP contribution in [-0.4, -0.2) is 41.1 Å². The number of benzene rings is 1. The summed E-state index contributed by atoms with van der Waals surface area (Å²) in [5, 5.41) is 0. The van der Waals surface area contributed by atoms with Crippen molar-refractivity contribution in [1.82, 2.24) is 9.88 Å². The summed E-state index contributed by atoms with van der Waals surface area (Å²) in [5.41, 5.74) is 0.697. The summed E-state index contributed by atoms with van der Waals surface area (Å²) >= 11 is 0. The molecule has 2 unspecified atom stereocenters. The van der Waals surface area contributed by atoms with E-state index >= 15 is 0 Å². The molecule has 1 amide bonds. The summed E-state index contributed by atoms with van der Waals surface area (Å²) in [7, 11) is 1.62. The topological polar surface area (TPSA) is 51.7 Å². The van der Waals surface area contributed by atoms with Gasteiger partial charge in [-0.05, 0) is 43.2 Å². The Kier molecular flexibility index (Phi) is 4.30. The molecule has 0 radical (unpaired) electrons. The van der Waals surface area contributed by atoms with Crippen LogP contribution in [0.3, 0.4) is 0 Å². The lowest BCUT2D eigenvalue weighted by Crippen LogP contribution is -2.49. The number of rotatable bonds is 4. The van der Waals surface area contributed by atoms with Crippen LogP contribution in [0, 0.1) is 0 Å². The first-order valence-electron chi connectivity index (χ1n) is 8.78. The Morgan fingerprint density at radius 2 is 1.88 bits per heavy atom. The van der Waals surface area contributed by atoms with Gasteiger partial charge in [-0.3, -0.25) is 9.78 Å². The zero-order chi connectivity index (χ0) is 17.2. The zero-order valence-corrected chi connectivity index (χ0v) is 14.3. The summed E-state index contributed by atoms with van der Waals surface area (Å²) in [4.78, 5) is 19.2. The number of piperidine rings is 1. The van der Waals surface area contributed by atoms with Crippen molar-refractivity contribution in [2.75, 3.05) is 7.11 Å². The molecule has 2 bridgehead atoms. The monoisotopic (exact) mass is 338 g/mol. The second kappa shape index (κ2) is 6.75. The molecule has 5 nitrogen and oxygen atoms in total. The number of pyridine rings is 1. The number of hydrogen-bond acceptors (Lipinski definition) is 4. The van der Waals surface area contributed by atoms with Crippen molar-refractivity contribution in [3.8, 4) is 11.5 Å². The highest BCUT2D eigenvalue weighted by Crippen LogP contribution is 2.38. The number of carbonyl (C=O) groups excluding carboxylic acids is 1. The van der Waals surface area contributed by atoms with Crippen molar-refractivity contribution in [3.05, 3.63) is 54.4 Å². The molecule has 2 aliphatic heterocycles. The lowest BCUT2D eigenvalue weighted by Gasteiger charge is -2.39. The van der Waals surface area contributed by atoms with Crippen molar-refractivity contribution in [2.45, 2.75) is 43.9 Å². The molecule has 2 atom stereocenters. The average Bonchev–Trinajstić information content (AvgIpc) is 2.92. The number of ether oxygens (including phenoxy) is 2. The minimum Gasteiger partial charge on any atom is -0.497 e. The number of nitrogens with zero attached hydrogens (tertiary/aromatic N) is 2. The largest absolute Gasteiger partial charge is 0.497 e. The molecule has 2 aliphatic rings. The molecule has 2 saturated heterocycles. The first-order valence-corrected chi connectivity index (χ1v) is 8.78. The van der Waals surface area contributed by atoms with E-state index in [0.29, 0.717) is 11.3 Å². The molecule has 0 aliphatic carbocycles.